The van der Waals surface area contributed by atoms with Crippen LogP contribution < -0.4 is 10.1 Å². The van der Waals surface area contributed by atoms with Crippen molar-refractivity contribution < 1.29 is 4.57 Å². The zero-order chi connectivity index (χ0) is 16.5. The topological polar surface area (TPSA) is 25.4 Å². The highest BCUT2D eigenvalue weighted by Gasteiger charge is 2.26. The third kappa shape index (κ3) is 2.98. The van der Waals surface area contributed by atoms with Crippen molar-refractivity contribution in [1.82, 2.24) is 4.40 Å². The molecule has 0 saturated carbocycles. The molecule has 0 amide bonds. The van der Waals surface area contributed by atoms with Crippen LogP contribution in [0.25, 0.3) is 5.65 Å². The van der Waals surface area contributed by atoms with Crippen LogP contribution in [-0.4, -0.2) is 15.9 Å². The summed E-state index contributed by atoms with van der Waals surface area (Å²) in [6, 6.07) is 14.5. The predicted octanol–water partition coefficient (Wildman–Crippen LogP) is 3.42. The van der Waals surface area contributed by atoms with Crippen LogP contribution in [0, 0.1) is 6.92 Å². The van der Waals surface area contributed by atoms with E-state index < -0.39 is 0 Å². The minimum Gasteiger partial charge on any atom is -0.240 e. The second kappa shape index (κ2) is 6.65. The van der Waals surface area contributed by atoms with Crippen molar-refractivity contribution >= 4 is 29.2 Å². The van der Waals surface area contributed by atoms with Gasteiger partial charge in [0, 0.05) is 17.6 Å². The smallest absolute Gasteiger partial charge is 0.240 e. The number of benzene rings is 1. The highest BCUT2D eigenvalue weighted by Crippen LogP contribution is 2.43. The van der Waals surface area contributed by atoms with Gasteiger partial charge in [-0.05, 0) is 18.6 Å². The van der Waals surface area contributed by atoms with Crippen LogP contribution in [0.3, 0.4) is 0 Å². The van der Waals surface area contributed by atoms with E-state index in [4.69, 9.17) is 0 Å². The van der Waals surface area contributed by atoms with E-state index in [1.807, 2.05) is 47.9 Å². The van der Waals surface area contributed by atoms with Gasteiger partial charge in [-0.25, -0.2) is 9.36 Å². The van der Waals surface area contributed by atoms with E-state index in [1.54, 1.807) is 4.40 Å². The Morgan fingerprint density at radius 3 is 2.62 bits per heavy atom. The maximum Gasteiger partial charge on any atom is 0.347 e. The van der Waals surface area contributed by atoms with Gasteiger partial charge in [0.25, 0.3) is 5.65 Å². The molecule has 0 N–H and O–H groups in total. The molecule has 3 heterocycles. The molecule has 24 heavy (non-hydrogen) atoms. The number of aryl methyl sites for hydroxylation is 1. The van der Waals surface area contributed by atoms with Crippen molar-refractivity contribution in [2.24, 2.45) is 0 Å². The number of pyridine rings is 1. The molecule has 1 fully saturated rings. The lowest BCUT2D eigenvalue weighted by Gasteiger charge is -2.10. The first-order valence-corrected chi connectivity index (χ1v) is 10.1. The average Bonchev–Trinajstić information content (AvgIpc) is 3.14. The number of aromatic nitrogens is 2. The van der Waals surface area contributed by atoms with E-state index in [0.29, 0.717) is 0 Å². The van der Waals surface area contributed by atoms with Crippen molar-refractivity contribution in [2.75, 3.05) is 11.5 Å². The van der Waals surface area contributed by atoms with Crippen molar-refractivity contribution in [3.05, 3.63) is 81.9 Å². The maximum atomic E-state index is 12.9. The molecule has 1 aromatic carbocycles. The monoisotopic (exact) mass is 355 g/mol. The van der Waals surface area contributed by atoms with Crippen molar-refractivity contribution in [2.45, 2.75) is 18.1 Å². The van der Waals surface area contributed by atoms with Gasteiger partial charge in [-0.2, -0.15) is 4.40 Å². The van der Waals surface area contributed by atoms with Crippen LogP contribution in [0.15, 0.2) is 59.7 Å². The molecule has 0 radical (unpaired) electrons. The SMILES string of the molecule is Cc1ccc(C[n+]2cc(C3SCCS3)c(=O)n3ccccc32)cc1. The molecule has 0 aliphatic carbocycles. The lowest BCUT2D eigenvalue weighted by Crippen LogP contribution is -2.41. The molecule has 4 rings (SSSR count). The van der Waals surface area contributed by atoms with E-state index in [-0.39, 0.29) is 10.1 Å². The standard InChI is InChI=1S/C19H19N2OS2/c1-14-5-7-15(8-6-14)12-20-13-16(19-23-10-11-24-19)18(22)21-9-3-2-4-17(20)21/h2-9,13,19H,10-12H2,1H3/q+1. The molecule has 5 heteroatoms. The fourth-order valence-corrected chi connectivity index (χ4v) is 5.83. The summed E-state index contributed by atoms with van der Waals surface area (Å²) in [7, 11) is 0. The Hall–Kier alpha value is -1.72. The number of hydrogen-bond acceptors (Lipinski definition) is 3. The van der Waals surface area contributed by atoms with Crippen LogP contribution >= 0.6 is 23.5 Å². The van der Waals surface area contributed by atoms with Gasteiger partial charge in [0.1, 0.15) is 18.3 Å². The third-order valence-electron chi connectivity index (χ3n) is 4.24. The summed E-state index contributed by atoms with van der Waals surface area (Å²) in [5, 5.41) is 0. The fraction of sp³-hybridized carbons (Fsp3) is 0.263. The number of thioether (sulfide) groups is 2. The highest BCUT2D eigenvalue weighted by atomic mass is 32.2. The largest absolute Gasteiger partial charge is 0.347 e. The Morgan fingerprint density at radius 2 is 1.88 bits per heavy atom. The van der Waals surface area contributed by atoms with Crippen LogP contribution in [0.2, 0.25) is 0 Å². The summed E-state index contributed by atoms with van der Waals surface area (Å²) in [5.74, 6) is 2.23. The summed E-state index contributed by atoms with van der Waals surface area (Å²) in [5.41, 5.74) is 4.45. The quantitative estimate of drug-likeness (QED) is 0.673. The Morgan fingerprint density at radius 1 is 1.12 bits per heavy atom. The van der Waals surface area contributed by atoms with Crippen molar-refractivity contribution in [1.29, 1.82) is 0 Å². The molecular weight excluding hydrogens is 336 g/mol. The first-order chi connectivity index (χ1) is 11.7. The molecular formula is C19H19N2OS2+. The molecule has 0 atom stereocenters. The molecule has 1 aliphatic heterocycles. The molecule has 0 spiro atoms. The zero-order valence-corrected chi connectivity index (χ0v) is 15.1. The van der Waals surface area contributed by atoms with Gasteiger partial charge >= 0.3 is 5.56 Å². The van der Waals surface area contributed by atoms with Crippen LogP contribution in [0.4, 0.5) is 0 Å². The van der Waals surface area contributed by atoms with Crippen LogP contribution in [-0.2, 0) is 6.54 Å². The first-order valence-electron chi connectivity index (χ1n) is 8.05. The number of fused-ring (bicyclic) bond motifs is 1. The molecule has 1 saturated heterocycles. The molecule has 1 aliphatic rings. The van der Waals surface area contributed by atoms with Crippen LogP contribution in [0.1, 0.15) is 21.3 Å². The lowest BCUT2D eigenvalue weighted by molar-refractivity contribution is -0.666. The maximum absolute atomic E-state index is 12.9. The summed E-state index contributed by atoms with van der Waals surface area (Å²) < 4.78 is 4.22. The normalized spacial score (nSPS) is 15.2. The Balaban J connectivity index is 1.85. The van der Waals surface area contributed by atoms with Gasteiger partial charge in [0.05, 0.1) is 10.8 Å². The Labute approximate surface area is 149 Å². The van der Waals surface area contributed by atoms with Gasteiger partial charge in [-0.15, -0.1) is 23.5 Å². The van der Waals surface area contributed by atoms with E-state index in [2.05, 4.69) is 42.0 Å². The van der Waals surface area contributed by atoms with Crippen molar-refractivity contribution in [3.8, 4) is 0 Å². The fourth-order valence-electron chi connectivity index (χ4n) is 2.98. The summed E-state index contributed by atoms with van der Waals surface area (Å²) in [4.78, 5) is 12.9. The van der Waals surface area contributed by atoms with Gasteiger partial charge < -0.3 is 0 Å². The summed E-state index contributed by atoms with van der Waals surface area (Å²) >= 11 is 3.74. The number of rotatable bonds is 3. The molecule has 0 bridgehead atoms. The minimum absolute atomic E-state index is 0.109. The van der Waals surface area contributed by atoms with Gasteiger partial charge in [0.2, 0.25) is 0 Å². The Kier molecular flexibility index (Phi) is 4.37. The molecule has 0 unspecified atom stereocenters. The second-order valence-electron chi connectivity index (χ2n) is 6.01. The zero-order valence-electron chi connectivity index (χ0n) is 13.5. The summed E-state index contributed by atoms with van der Waals surface area (Å²) in [6.07, 6.45) is 3.94. The van der Waals surface area contributed by atoms with E-state index in [0.717, 1.165) is 29.3 Å². The van der Waals surface area contributed by atoms with E-state index >= 15 is 0 Å². The molecule has 122 valence electrons. The predicted molar refractivity (Wildman–Crippen MR) is 102 cm³/mol. The number of nitrogens with zero attached hydrogens (tertiary/aromatic N) is 2. The van der Waals surface area contributed by atoms with Gasteiger partial charge in [-0.1, -0.05) is 35.9 Å². The highest BCUT2D eigenvalue weighted by molar-refractivity contribution is 8.19. The lowest BCUT2D eigenvalue weighted by atomic mass is 10.1. The van der Waals surface area contributed by atoms with Crippen molar-refractivity contribution in [3.63, 3.8) is 0 Å². The van der Waals surface area contributed by atoms with E-state index in [9.17, 15) is 4.79 Å². The van der Waals surface area contributed by atoms with Gasteiger partial charge in [-0.3, -0.25) is 0 Å². The average molecular weight is 356 g/mol. The third-order valence-corrected chi connectivity index (χ3v) is 7.31. The second-order valence-corrected chi connectivity index (χ2v) is 8.73. The van der Waals surface area contributed by atoms with Crippen LogP contribution in [0.5, 0.6) is 0 Å². The molecule has 2 aromatic heterocycles. The molecule has 3 aromatic rings. The number of hydrogen-bond donors (Lipinski definition) is 0. The first kappa shape index (κ1) is 15.8. The molecule has 3 nitrogen and oxygen atoms in total. The van der Waals surface area contributed by atoms with Gasteiger partial charge in [0.15, 0.2) is 0 Å². The van der Waals surface area contributed by atoms with E-state index in [1.165, 1.54) is 11.1 Å². The summed E-state index contributed by atoms with van der Waals surface area (Å²) in [6.45, 7) is 2.87. The Bertz CT molecular complexity index is 928. The minimum atomic E-state index is 0.109.